The maximum atomic E-state index is 5.93. The van der Waals surface area contributed by atoms with Crippen molar-refractivity contribution in [1.29, 1.82) is 0 Å². The van der Waals surface area contributed by atoms with Crippen LogP contribution in [0.3, 0.4) is 0 Å². The number of piperazine rings is 1. The van der Waals surface area contributed by atoms with Crippen LogP contribution >= 0.6 is 11.3 Å². The third kappa shape index (κ3) is 3.32. The van der Waals surface area contributed by atoms with Crippen LogP contribution in [0.2, 0.25) is 0 Å². The van der Waals surface area contributed by atoms with Crippen LogP contribution < -0.4 is 9.80 Å². The van der Waals surface area contributed by atoms with Crippen LogP contribution in [0.5, 0.6) is 0 Å². The lowest BCUT2D eigenvalue weighted by Gasteiger charge is -2.36. The van der Waals surface area contributed by atoms with E-state index in [4.69, 9.17) is 4.42 Å². The number of hydrogen-bond donors (Lipinski definition) is 1. The lowest BCUT2D eigenvalue weighted by atomic mass is 10.1. The molecule has 3 heterocycles. The quantitative estimate of drug-likeness (QED) is 0.781. The molecule has 0 bridgehead atoms. The molecule has 1 N–H and O–H groups in total. The lowest BCUT2D eigenvalue weighted by molar-refractivity contribution is -0.931. The van der Waals surface area contributed by atoms with Gasteiger partial charge in [0.25, 0.3) is 11.8 Å². The third-order valence-electron chi connectivity index (χ3n) is 5.02. The van der Waals surface area contributed by atoms with E-state index in [2.05, 4.69) is 53.2 Å². The number of aryl methyl sites for hydroxylation is 1. The summed E-state index contributed by atoms with van der Waals surface area (Å²) in [5, 5.41) is 10.5. The van der Waals surface area contributed by atoms with Crippen LogP contribution in [0.4, 0.5) is 5.69 Å². The smallest absolute Gasteiger partial charge is 0.274 e. The maximum absolute atomic E-state index is 5.93. The molecule has 1 aliphatic rings. The number of anilines is 1. The number of hydrogen-bond acceptors (Lipinski definition) is 5. The molecule has 0 radical (unpaired) electrons. The SMILES string of the molecule is Cc1ccccc1N1CC[NH+]([C@@H](C)c2nnc(-c3cccs3)o2)CC1. The van der Waals surface area contributed by atoms with Crippen LogP contribution in [0.15, 0.2) is 46.2 Å². The minimum atomic E-state index is 0.222. The van der Waals surface area contributed by atoms with E-state index in [1.165, 1.54) is 16.2 Å². The fourth-order valence-corrected chi connectivity index (χ4v) is 4.11. The Morgan fingerprint density at radius 3 is 2.64 bits per heavy atom. The Morgan fingerprint density at radius 2 is 1.92 bits per heavy atom. The summed E-state index contributed by atoms with van der Waals surface area (Å²) in [7, 11) is 0. The van der Waals surface area contributed by atoms with Crippen molar-refractivity contribution in [3.8, 4) is 10.8 Å². The minimum Gasteiger partial charge on any atom is -0.414 e. The summed E-state index contributed by atoms with van der Waals surface area (Å²) in [5.74, 6) is 1.37. The molecule has 0 saturated carbocycles. The molecule has 0 spiro atoms. The zero-order valence-corrected chi connectivity index (χ0v) is 15.4. The van der Waals surface area contributed by atoms with Crippen molar-refractivity contribution in [1.82, 2.24) is 10.2 Å². The van der Waals surface area contributed by atoms with Crippen LogP contribution in [0.1, 0.15) is 24.4 Å². The standard InChI is InChI=1S/C19H22N4OS/c1-14-6-3-4-7-16(14)23-11-9-22(10-12-23)15(2)18-20-21-19(24-18)17-8-5-13-25-17/h3-8,13,15H,9-12H2,1-2H3/p+1/t15-/m0/s1. The second kappa shape index (κ2) is 6.98. The fourth-order valence-electron chi connectivity index (χ4n) is 3.47. The minimum absolute atomic E-state index is 0.222. The van der Waals surface area contributed by atoms with Gasteiger partial charge in [0.1, 0.15) is 0 Å². The Balaban J connectivity index is 1.41. The van der Waals surface area contributed by atoms with E-state index in [-0.39, 0.29) is 6.04 Å². The fraction of sp³-hybridized carbons (Fsp3) is 0.368. The van der Waals surface area contributed by atoms with Gasteiger partial charge in [0.05, 0.1) is 31.1 Å². The number of nitrogens with one attached hydrogen (secondary N) is 1. The van der Waals surface area contributed by atoms with Gasteiger partial charge in [-0.15, -0.1) is 21.5 Å². The van der Waals surface area contributed by atoms with Crippen molar-refractivity contribution in [3.05, 3.63) is 53.2 Å². The van der Waals surface area contributed by atoms with Gasteiger partial charge < -0.3 is 14.2 Å². The Bertz CT molecular complexity index is 822. The topological polar surface area (TPSA) is 46.6 Å². The van der Waals surface area contributed by atoms with Crippen LogP contribution in [0, 0.1) is 6.92 Å². The predicted octanol–water partition coefficient (Wildman–Crippen LogP) is 2.57. The summed E-state index contributed by atoms with van der Waals surface area (Å²) >= 11 is 1.63. The van der Waals surface area contributed by atoms with Gasteiger partial charge in [0.15, 0.2) is 6.04 Å². The molecule has 0 aliphatic carbocycles. The molecule has 1 saturated heterocycles. The molecule has 5 nitrogen and oxygen atoms in total. The number of thiophene rings is 1. The number of aromatic nitrogens is 2. The molecule has 2 aromatic heterocycles. The highest BCUT2D eigenvalue weighted by Crippen LogP contribution is 2.24. The van der Waals surface area contributed by atoms with E-state index in [1.807, 2.05) is 17.5 Å². The number of benzene rings is 1. The highest BCUT2D eigenvalue weighted by Gasteiger charge is 2.29. The zero-order chi connectivity index (χ0) is 17.2. The maximum Gasteiger partial charge on any atom is 0.274 e. The van der Waals surface area contributed by atoms with Gasteiger partial charge in [-0.05, 0) is 36.9 Å². The summed E-state index contributed by atoms with van der Waals surface area (Å²) in [6.45, 7) is 8.62. The summed E-state index contributed by atoms with van der Waals surface area (Å²) < 4.78 is 5.93. The normalized spacial score (nSPS) is 17.0. The molecule has 1 atom stereocenters. The first-order valence-electron chi connectivity index (χ1n) is 8.75. The highest BCUT2D eigenvalue weighted by atomic mass is 32.1. The number of para-hydroxylation sites is 1. The van der Waals surface area contributed by atoms with E-state index >= 15 is 0 Å². The van der Waals surface area contributed by atoms with Gasteiger partial charge in [0.2, 0.25) is 0 Å². The van der Waals surface area contributed by atoms with Crippen molar-refractivity contribution in [2.24, 2.45) is 0 Å². The largest absolute Gasteiger partial charge is 0.414 e. The Kier molecular flexibility index (Phi) is 4.55. The number of rotatable bonds is 4. The van der Waals surface area contributed by atoms with E-state index in [0.29, 0.717) is 5.89 Å². The van der Waals surface area contributed by atoms with Crippen molar-refractivity contribution in [2.45, 2.75) is 19.9 Å². The first kappa shape index (κ1) is 16.3. The molecule has 1 aliphatic heterocycles. The molecule has 25 heavy (non-hydrogen) atoms. The van der Waals surface area contributed by atoms with Crippen LogP contribution in [-0.2, 0) is 0 Å². The number of nitrogens with zero attached hydrogens (tertiary/aromatic N) is 3. The zero-order valence-electron chi connectivity index (χ0n) is 14.6. The monoisotopic (exact) mass is 355 g/mol. The average molecular weight is 355 g/mol. The molecular formula is C19H23N4OS+. The van der Waals surface area contributed by atoms with Gasteiger partial charge >= 0.3 is 0 Å². The van der Waals surface area contributed by atoms with Crippen LogP contribution in [0.25, 0.3) is 10.8 Å². The van der Waals surface area contributed by atoms with E-state index in [0.717, 1.165) is 36.9 Å². The second-order valence-electron chi connectivity index (χ2n) is 6.58. The summed E-state index contributed by atoms with van der Waals surface area (Å²) in [5.41, 5.74) is 2.70. The molecule has 1 aromatic carbocycles. The second-order valence-corrected chi connectivity index (χ2v) is 7.52. The molecule has 130 valence electrons. The first-order valence-corrected chi connectivity index (χ1v) is 9.63. The molecule has 3 aromatic rings. The van der Waals surface area contributed by atoms with E-state index < -0.39 is 0 Å². The Hall–Kier alpha value is -2.18. The summed E-state index contributed by atoms with van der Waals surface area (Å²) in [6.07, 6.45) is 0. The van der Waals surface area contributed by atoms with Gasteiger partial charge in [0, 0.05) is 5.69 Å². The molecule has 0 amide bonds. The van der Waals surface area contributed by atoms with Crippen molar-refractivity contribution in [2.75, 3.05) is 31.1 Å². The molecule has 0 unspecified atom stereocenters. The van der Waals surface area contributed by atoms with E-state index in [1.54, 1.807) is 11.3 Å². The third-order valence-corrected chi connectivity index (χ3v) is 5.88. The Labute approximate surface area is 151 Å². The van der Waals surface area contributed by atoms with Crippen molar-refractivity contribution in [3.63, 3.8) is 0 Å². The summed E-state index contributed by atoms with van der Waals surface area (Å²) in [4.78, 5) is 5.02. The molecule has 6 heteroatoms. The van der Waals surface area contributed by atoms with Crippen molar-refractivity contribution >= 4 is 17.0 Å². The molecule has 1 fully saturated rings. The average Bonchev–Trinajstić information content (AvgIpc) is 3.33. The molecular weight excluding hydrogens is 332 g/mol. The first-order chi connectivity index (χ1) is 12.2. The van der Waals surface area contributed by atoms with Crippen LogP contribution in [-0.4, -0.2) is 36.4 Å². The van der Waals surface area contributed by atoms with Gasteiger partial charge in [-0.25, -0.2) is 0 Å². The number of quaternary nitrogens is 1. The van der Waals surface area contributed by atoms with E-state index in [9.17, 15) is 0 Å². The van der Waals surface area contributed by atoms with Gasteiger partial charge in [-0.1, -0.05) is 24.3 Å². The Morgan fingerprint density at radius 1 is 1.12 bits per heavy atom. The highest BCUT2D eigenvalue weighted by molar-refractivity contribution is 7.13. The van der Waals surface area contributed by atoms with Crippen molar-refractivity contribution < 1.29 is 9.32 Å². The predicted molar refractivity (Wildman–Crippen MR) is 100 cm³/mol. The molecule has 4 rings (SSSR count). The van der Waals surface area contributed by atoms with Gasteiger partial charge in [-0.2, -0.15) is 0 Å². The van der Waals surface area contributed by atoms with Gasteiger partial charge in [-0.3, -0.25) is 0 Å². The lowest BCUT2D eigenvalue weighted by Crippen LogP contribution is -3.14. The summed E-state index contributed by atoms with van der Waals surface area (Å²) in [6, 6.07) is 12.9.